The van der Waals surface area contributed by atoms with Crippen LogP contribution in [0, 0.1) is 0 Å². The molecule has 2 aromatic rings. The Balaban J connectivity index is 1.69. The molecule has 3 nitrogen and oxygen atoms in total. The van der Waals surface area contributed by atoms with E-state index in [0.29, 0.717) is 6.04 Å². The summed E-state index contributed by atoms with van der Waals surface area (Å²) >= 11 is 0. The number of rotatable bonds is 4. The fraction of sp³-hybridized carbons (Fsp3) is 0.438. The summed E-state index contributed by atoms with van der Waals surface area (Å²) in [5, 5.41) is 4.61. The molecule has 19 heavy (non-hydrogen) atoms. The lowest BCUT2D eigenvalue weighted by molar-refractivity contribution is 0.334. The van der Waals surface area contributed by atoms with Gasteiger partial charge in [-0.2, -0.15) is 0 Å². The number of pyridine rings is 1. The minimum absolute atomic E-state index is 0.672. The molecule has 1 fully saturated rings. The van der Waals surface area contributed by atoms with Gasteiger partial charge in [-0.3, -0.25) is 4.98 Å². The van der Waals surface area contributed by atoms with Crippen molar-refractivity contribution < 1.29 is 0 Å². The lowest BCUT2D eigenvalue weighted by Crippen LogP contribution is -2.30. The molecule has 0 spiro atoms. The van der Waals surface area contributed by atoms with Crippen LogP contribution >= 0.6 is 0 Å². The van der Waals surface area contributed by atoms with Gasteiger partial charge < -0.3 is 10.2 Å². The van der Waals surface area contributed by atoms with Gasteiger partial charge in [0.2, 0.25) is 0 Å². The molecule has 1 aliphatic heterocycles. The first-order valence-electron chi connectivity index (χ1n) is 7.09. The zero-order valence-electron chi connectivity index (χ0n) is 11.5. The van der Waals surface area contributed by atoms with Crippen molar-refractivity contribution in [2.75, 3.05) is 26.7 Å². The molecule has 1 saturated heterocycles. The molecule has 1 unspecified atom stereocenters. The zero-order valence-corrected chi connectivity index (χ0v) is 11.5. The Kier molecular flexibility index (Phi) is 3.76. The second-order valence-electron chi connectivity index (χ2n) is 5.32. The Morgan fingerprint density at radius 1 is 1.32 bits per heavy atom. The van der Waals surface area contributed by atoms with Crippen LogP contribution < -0.4 is 5.32 Å². The molecule has 2 heterocycles. The molecule has 1 aromatic carbocycles. The zero-order chi connectivity index (χ0) is 13.1. The van der Waals surface area contributed by atoms with Crippen molar-refractivity contribution in [1.29, 1.82) is 0 Å². The van der Waals surface area contributed by atoms with Gasteiger partial charge in [-0.1, -0.05) is 24.3 Å². The van der Waals surface area contributed by atoms with Crippen LogP contribution in [0.4, 0.5) is 0 Å². The van der Waals surface area contributed by atoms with E-state index < -0.39 is 0 Å². The quantitative estimate of drug-likeness (QED) is 0.906. The number of nitrogens with one attached hydrogen (secondary N) is 1. The Bertz CT molecular complexity index is 547. The second kappa shape index (κ2) is 5.68. The van der Waals surface area contributed by atoms with Crippen molar-refractivity contribution in [2.45, 2.75) is 18.9 Å². The van der Waals surface area contributed by atoms with Crippen molar-refractivity contribution in [1.82, 2.24) is 15.2 Å². The van der Waals surface area contributed by atoms with E-state index >= 15 is 0 Å². The van der Waals surface area contributed by atoms with E-state index in [1.165, 1.54) is 30.5 Å². The maximum Gasteiger partial charge on any atom is 0.0734 e. The number of nitrogens with zero attached hydrogens (tertiary/aromatic N) is 2. The molecule has 0 aliphatic carbocycles. The van der Waals surface area contributed by atoms with Gasteiger partial charge in [0.05, 0.1) is 5.52 Å². The molecular formula is C16H21N3. The molecule has 1 aliphatic rings. The second-order valence-corrected chi connectivity index (χ2v) is 5.32. The van der Waals surface area contributed by atoms with Gasteiger partial charge in [-0.05, 0) is 38.1 Å². The van der Waals surface area contributed by atoms with Gasteiger partial charge in [0, 0.05) is 30.7 Å². The molecular weight excluding hydrogens is 234 g/mol. The Labute approximate surface area is 114 Å². The minimum atomic E-state index is 0.672. The van der Waals surface area contributed by atoms with E-state index in [9.17, 15) is 0 Å². The van der Waals surface area contributed by atoms with Crippen molar-refractivity contribution in [3.05, 3.63) is 42.1 Å². The van der Waals surface area contributed by atoms with Gasteiger partial charge in [-0.15, -0.1) is 0 Å². The molecule has 0 saturated carbocycles. The molecule has 3 rings (SSSR count). The molecule has 0 bridgehead atoms. The highest BCUT2D eigenvalue weighted by Gasteiger charge is 2.20. The third-order valence-corrected chi connectivity index (χ3v) is 4.09. The van der Waals surface area contributed by atoms with Gasteiger partial charge in [0.25, 0.3) is 0 Å². The van der Waals surface area contributed by atoms with Crippen molar-refractivity contribution in [3.63, 3.8) is 0 Å². The van der Waals surface area contributed by atoms with Gasteiger partial charge in [0.15, 0.2) is 0 Å². The maximum absolute atomic E-state index is 4.53. The van der Waals surface area contributed by atoms with E-state index in [-0.39, 0.29) is 0 Å². The number of likely N-dealkylation sites (tertiary alicyclic amines) is 1. The summed E-state index contributed by atoms with van der Waals surface area (Å²) in [6.07, 6.45) is 4.24. The first-order valence-corrected chi connectivity index (χ1v) is 7.09. The van der Waals surface area contributed by atoms with Crippen LogP contribution in [0.15, 0.2) is 36.5 Å². The highest BCUT2D eigenvalue weighted by atomic mass is 15.2. The monoisotopic (exact) mass is 255 g/mol. The van der Waals surface area contributed by atoms with Crippen molar-refractivity contribution in [3.8, 4) is 0 Å². The van der Waals surface area contributed by atoms with Crippen LogP contribution in [0.3, 0.4) is 0 Å². The summed E-state index contributed by atoms with van der Waals surface area (Å²) in [5.41, 5.74) is 2.53. The SMILES string of the molecule is CNC1CCN(CCc2cccc3cccnc23)C1. The van der Waals surface area contributed by atoms with Crippen molar-refractivity contribution in [2.24, 2.45) is 0 Å². The minimum Gasteiger partial charge on any atom is -0.316 e. The Morgan fingerprint density at radius 3 is 3.05 bits per heavy atom. The molecule has 1 atom stereocenters. The van der Waals surface area contributed by atoms with Crippen LogP contribution in [-0.2, 0) is 6.42 Å². The maximum atomic E-state index is 4.53. The summed E-state index contributed by atoms with van der Waals surface area (Å²) < 4.78 is 0. The third-order valence-electron chi connectivity index (χ3n) is 4.09. The number of hydrogen-bond acceptors (Lipinski definition) is 3. The molecule has 1 N–H and O–H groups in total. The van der Waals surface area contributed by atoms with Crippen LogP contribution in [0.25, 0.3) is 10.9 Å². The van der Waals surface area contributed by atoms with E-state index in [1.54, 1.807) is 0 Å². The number of hydrogen-bond donors (Lipinski definition) is 1. The summed E-state index contributed by atoms with van der Waals surface area (Å²) in [6.45, 7) is 3.52. The predicted molar refractivity (Wildman–Crippen MR) is 79.4 cm³/mol. The molecule has 1 aromatic heterocycles. The fourth-order valence-electron chi connectivity index (χ4n) is 2.92. The number of fused-ring (bicyclic) bond motifs is 1. The summed E-state index contributed by atoms with van der Waals surface area (Å²) in [6, 6.07) is 11.3. The topological polar surface area (TPSA) is 28.2 Å². The standard InChI is InChI=1S/C16H21N3/c1-17-15-8-11-19(12-15)10-7-14-5-2-4-13-6-3-9-18-16(13)14/h2-6,9,15,17H,7-8,10-12H2,1H3. The van der Waals surface area contributed by atoms with Crippen LogP contribution in [-0.4, -0.2) is 42.6 Å². The molecule has 100 valence electrons. The number of aromatic nitrogens is 1. The summed E-state index contributed by atoms with van der Waals surface area (Å²) in [5.74, 6) is 0. The lowest BCUT2D eigenvalue weighted by Gasteiger charge is -2.16. The normalized spacial score (nSPS) is 20.2. The fourth-order valence-corrected chi connectivity index (χ4v) is 2.92. The molecule has 0 amide bonds. The smallest absolute Gasteiger partial charge is 0.0734 e. The Hall–Kier alpha value is -1.45. The van der Waals surface area contributed by atoms with E-state index in [1.807, 2.05) is 12.3 Å². The van der Waals surface area contributed by atoms with Crippen LogP contribution in [0.5, 0.6) is 0 Å². The first kappa shape index (κ1) is 12.6. The van der Waals surface area contributed by atoms with E-state index in [0.717, 1.165) is 18.5 Å². The third kappa shape index (κ3) is 2.77. The van der Waals surface area contributed by atoms with Gasteiger partial charge >= 0.3 is 0 Å². The van der Waals surface area contributed by atoms with Crippen LogP contribution in [0.2, 0.25) is 0 Å². The molecule has 0 radical (unpaired) electrons. The predicted octanol–water partition coefficient (Wildman–Crippen LogP) is 2.07. The summed E-state index contributed by atoms with van der Waals surface area (Å²) in [7, 11) is 2.06. The number of benzene rings is 1. The lowest BCUT2D eigenvalue weighted by atomic mass is 10.1. The Morgan fingerprint density at radius 2 is 2.21 bits per heavy atom. The van der Waals surface area contributed by atoms with E-state index in [4.69, 9.17) is 0 Å². The number of likely N-dealkylation sites (N-methyl/N-ethyl adjacent to an activating group) is 1. The number of para-hydroxylation sites is 1. The highest BCUT2D eigenvalue weighted by Crippen LogP contribution is 2.17. The van der Waals surface area contributed by atoms with Gasteiger partial charge in [0.1, 0.15) is 0 Å². The van der Waals surface area contributed by atoms with E-state index in [2.05, 4.69) is 46.5 Å². The van der Waals surface area contributed by atoms with Crippen LogP contribution in [0.1, 0.15) is 12.0 Å². The van der Waals surface area contributed by atoms with Gasteiger partial charge in [-0.25, -0.2) is 0 Å². The van der Waals surface area contributed by atoms with Crippen molar-refractivity contribution >= 4 is 10.9 Å². The summed E-state index contributed by atoms with van der Waals surface area (Å²) in [4.78, 5) is 7.07. The highest BCUT2D eigenvalue weighted by molar-refractivity contribution is 5.81. The largest absolute Gasteiger partial charge is 0.316 e. The average Bonchev–Trinajstić information content (AvgIpc) is 2.93. The first-order chi connectivity index (χ1) is 9.36. The molecule has 3 heteroatoms. The average molecular weight is 255 g/mol.